The average Bonchev–Trinajstić information content (AvgIpc) is 3.39. The van der Waals surface area contributed by atoms with Crippen LogP contribution in [-0.2, 0) is 9.47 Å². The molecule has 0 saturated carbocycles. The van der Waals surface area contributed by atoms with Gasteiger partial charge in [0.15, 0.2) is 6.61 Å². The third-order valence-electron chi connectivity index (χ3n) is 5.39. The lowest BCUT2D eigenvalue weighted by molar-refractivity contribution is -0.384. The van der Waals surface area contributed by atoms with Crippen molar-refractivity contribution >= 4 is 29.1 Å². The van der Waals surface area contributed by atoms with Gasteiger partial charge >= 0.3 is 11.9 Å². The number of carbonyl (C=O) groups excluding carboxylic acids is 3. The summed E-state index contributed by atoms with van der Waals surface area (Å²) in [4.78, 5) is 53.0. The smallest absolute Gasteiger partial charge is 0.340 e. The number of esters is 2. The number of nitrogens with zero attached hydrogens (tertiary/aromatic N) is 2. The fraction of sp³-hybridized carbons (Fsp3) is 0.409. The summed E-state index contributed by atoms with van der Waals surface area (Å²) in [5.41, 5.74) is 1.66. The number of nitro groups is 1. The van der Waals surface area contributed by atoms with Gasteiger partial charge in [0.05, 0.1) is 34.0 Å². The molecule has 0 unspecified atom stereocenters. The molecule has 2 aromatic rings. The van der Waals surface area contributed by atoms with Crippen LogP contribution in [0.3, 0.4) is 0 Å². The number of non-ortho nitro benzene ring substituents is 1. The summed E-state index contributed by atoms with van der Waals surface area (Å²) in [7, 11) is 0. The largest absolute Gasteiger partial charge is 0.462 e. The molecule has 0 amide bonds. The number of carbonyl (C=O) groups is 3. The van der Waals surface area contributed by atoms with E-state index in [1.54, 1.807) is 20.8 Å². The van der Waals surface area contributed by atoms with Gasteiger partial charge in [0.25, 0.3) is 5.69 Å². The van der Waals surface area contributed by atoms with Crippen LogP contribution in [-0.4, -0.2) is 53.9 Å². The molecule has 1 aliphatic rings. The number of aryl methyl sites for hydroxylation is 1. The first-order chi connectivity index (χ1) is 15.2. The summed E-state index contributed by atoms with van der Waals surface area (Å²) in [5.74, 6) is -1.89. The van der Waals surface area contributed by atoms with Crippen LogP contribution in [0.25, 0.3) is 0 Å². The van der Waals surface area contributed by atoms with Crippen molar-refractivity contribution < 1.29 is 28.8 Å². The van der Waals surface area contributed by atoms with Crippen molar-refractivity contribution in [1.82, 2.24) is 4.98 Å². The van der Waals surface area contributed by atoms with Gasteiger partial charge in [-0.05, 0) is 45.2 Å². The number of Topliss-reactive ketones (excluding diaryl/α,β-unsaturated/α-hetero) is 1. The average molecular weight is 443 g/mol. The minimum absolute atomic E-state index is 0.0421. The highest BCUT2D eigenvalue weighted by molar-refractivity contribution is 6.04. The Labute approximate surface area is 184 Å². The maximum Gasteiger partial charge on any atom is 0.340 e. The van der Waals surface area contributed by atoms with E-state index in [0.717, 1.165) is 25.9 Å². The maximum atomic E-state index is 12.8. The van der Waals surface area contributed by atoms with Gasteiger partial charge in [-0.3, -0.25) is 14.9 Å². The molecule has 1 N–H and O–H groups in total. The molecule has 2 heterocycles. The molecule has 0 radical (unpaired) electrons. The van der Waals surface area contributed by atoms with Crippen LogP contribution in [0, 0.1) is 24.0 Å². The first-order valence-corrected chi connectivity index (χ1v) is 10.3. The lowest BCUT2D eigenvalue weighted by atomic mass is 10.1. The summed E-state index contributed by atoms with van der Waals surface area (Å²) in [6.45, 7) is 6.02. The van der Waals surface area contributed by atoms with Crippen LogP contribution < -0.4 is 4.90 Å². The number of benzene rings is 1. The molecule has 3 rings (SSSR count). The number of hydrogen-bond donors (Lipinski definition) is 1. The molecule has 10 heteroatoms. The lowest BCUT2D eigenvalue weighted by Crippen LogP contribution is -2.22. The summed E-state index contributed by atoms with van der Waals surface area (Å²) in [6.07, 6.45) is 1.91. The minimum atomic E-state index is -0.824. The second kappa shape index (κ2) is 9.63. The van der Waals surface area contributed by atoms with Gasteiger partial charge in [-0.1, -0.05) is 0 Å². The predicted molar refractivity (Wildman–Crippen MR) is 115 cm³/mol. The zero-order chi connectivity index (χ0) is 23.4. The predicted octanol–water partition coefficient (Wildman–Crippen LogP) is 3.36. The van der Waals surface area contributed by atoms with E-state index in [-0.39, 0.29) is 29.1 Å². The highest BCUT2D eigenvalue weighted by atomic mass is 16.6. The highest BCUT2D eigenvalue weighted by Gasteiger charge is 2.26. The van der Waals surface area contributed by atoms with E-state index in [4.69, 9.17) is 9.47 Å². The van der Waals surface area contributed by atoms with E-state index in [1.165, 1.54) is 18.2 Å². The number of anilines is 1. The summed E-state index contributed by atoms with van der Waals surface area (Å²) >= 11 is 0. The number of aromatic amines is 1. The zero-order valence-electron chi connectivity index (χ0n) is 18.2. The van der Waals surface area contributed by atoms with E-state index in [1.807, 2.05) is 4.90 Å². The molecule has 1 aliphatic heterocycles. The second-order valence-electron chi connectivity index (χ2n) is 7.50. The molecular weight excluding hydrogens is 418 g/mol. The molecular formula is C22H25N3O7. The molecule has 32 heavy (non-hydrogen) atoms. The number of aromatic nitrogens is 1. The molecule has 1 fully saturated rings. The topological polar surface area (TPSA) is 132 Å². The number of ether oxygens (including phenoxy) is 2. The number of hydrogen-bond acceptors (Lipinski definition) is 8. The molecule has 0 atom stereocenters. The Kier molecular flexibility index (Phi) is 6.92. The molecule has 0 bridgehead atoms. The Balaban J connectivity index is 1.79. The lowest BCUT2D eigenvalue weighted by Gasteiger charge is -2.20. The van der Waals surface area contributed by atoms with Gasteiger partial charge in [-0.25, -0.2) is 9.59 Å². The SMILES string of the molecule is CCOC(=O)c1c(C)[nH]c(C(=O)COC(=O)c2cc([N+](=O)[O-])ccc2N2CCCC2)c1C. The third-order valence-corrected chi connectivity index (χ3v) is 5.39. The van der Waals surface area contributed by atoms with Gasteiger partial charge in [0.2, 0.25) is 5.78 Å². The Morgan fingerprint density at radius 1 is 1.12 bits per heavy atom. The number of nitro benzene ring substituents is 1. The minimum Gasteiger partial charge on any atom is -0.462 e. The quantitative estimate of drug-likeness (QED) is 0.284. The fourth-order valence-corrected chi connectivity index (χ4v) is 3.85. The van der Waals surface area contributed by atoms with Gasteiger partial charge in [0.1, 0.15) is 0 Å². The van der Waals surface area contributed by atoms with E-state index in [9.17, 15) is 24.5 Å². The van der Waals surface area contributed by atoms with E-state index < -0.39 is 29.3 Å². The molecule has 170 valence electrons. The van der Waals surface area contributed by atoms with Crippen molar-refractivity contribution in [3.05, 3.63) is 56.4 Å². The number of nitrogens with one attached hydrogen (secondary N) is 1. The summed E-state index contributed by atoms with van der Waals surface area (Å²) < 4.78 is 10.2. The summed E-state index contributed by atoms with van der Waals surface area (Å²) in [5, 5.41) is 11.2. The van der Waals surface area contributed by atoms with Crippen LogP contribution in [0.1, 0.15) is 62.2 Å². The Morgan fingerprint density at radius 3 is 2.44 bits per heavy atom. The van der Waals surface area contributed by atoms with Gasteiger partial charge in [0, 0.05) is 30.9 Å². The van der Waals surface area contributed by atoms with E-state index >= 15 is 0 Å². The zero-order valence-corrected chi connectivity index (χ0v) is 18.2. The Hall–Kier alpha value is -3.69. The standard InChI is InChI=1S/C22H25N3O7/c1-4-31-22(28)19-13(2)20(23-14(19)3)18(26)12-32-21(27)16-11-15(25(29)30)7-8-17(16)24-9-5-6-10-24/h7-8,11,23H,4-6,9-10,12H2,1-3H3. The Morgan fingerprint density at radius 2 is 1.81 bits per heavy atom. The summed E-state index contributed by atoms with van der Waals surface area (Å²) in [6, 6.07) is 4.05. The molecule has 1 aromatic carbocycles. The van der Waals surface area contributed by atoms with Crippen LogP contribution in [0.5, 0.6) is 0 Å². The highest BCUT2D eigenvalue weighted by Crippen LogP contribution is 2.29. The maximum absolute atomic E-state index is 12.8. The van der Waals surface area contributed by atoms with Crippen LogP contribution in [0.2, 0.25) is 0 Å². The monoisotopic (exact) mass is 443 g/mol. The first kappa shape index (κ1) is 23.0. The van der Waals surface area contributed by atoms with Gasteiger partial charge in [-0.2, -0.15) is 0 Å². The second-order valence-corrected chi connectivity index (χ2v) is 7.50. The number of rotatable bonds is 8. The van der Waals surface area contributed by atoms with Crippen LogP contribution in [0.4, 0.5) is 11.4 Å². The van der Waals surface area contributed by atoms with Crippen molar-refractivity contribution in [3.63, 3.8) is 0 Å². The normalized spacial score (nSPS) is 13.2. The number of H-pyrrole nitrogens is 1. The Bertz CT molecular complexity index is 1070. The van der Waals surface area contributed by atoms with Gasteiger partial charge < -0.3 is 19.4 Å². The van der Waals surface area contributed by atoms with Crippen molar-refractivity contribution in [2.24, 2.45) is 0 Å². The molecule has 1 saturated heterocycles. The van der Waals surface area contributed by atoms with Gasteiger partial charge in [-0.15, -0.1) is 0 Å². The van der Waals surface area contributed by atoms with Crippen molar-refractivity contribution in [2.75, 3.05) is 31.2 Å². The number of ketones is 1. The van der Waals surface area contributed by atoms with Crippen LogP contribution in [0.15, 0.2) is 18.2 Å². The first-order valence-electron chi connectivity index (χ1n) is 10.3. The molecule has 10 nitrogen and oxygen atoms in total. The molecule has 0 spiro atoms. The van der Waals surface area contributed by atoms with E-state index in [0.29, 0.717) is 16.9 Å². The van der Waals surface area contributed by atoms with Crippen LogP contribution >= 0.6 is 0 Å². The van der Waals surface area contributed by atoms with Crippen molar-refractivity contribution in [3.8, 4) is 0 Å². The molecule has 0 aliphatic carbocycles. The van der Waals surface area contributed by atoms with Crippen molar-refractivity contribution in [1.29, 1.82) is 0 Å². The third kappa shape index (κ3) is 4.63. The van der Waals surface area contributed by atoms with Crippen molar-refractivity contribution in [2.45, 2.75) is 33.6 Å². The fourth-order valence-electron chi connectivity index (χ4n) is 3.85. The van der Waals surface area contributed by atoms with E-state index in [2.05, 4.69) is 4.98 Å². The molecule has 1 aromatic heterocycles.